The second kappa shape index (κ2) is 10.0. The van der Waals surface area contributed by atoms with Crippen LogP contribution in [0.3, 0.4) is 0 Å². The molecule has 0 saturated heterocycles. The lowest BCUT2D eigenvalue weighted by atomic mass is 10.1. The van der Waals surface area contributed by atoms with Crippen molar-refractivity contribution in [3.05, 3.63) is 75.0 Å². The number of benzene rings is 2. The number of amides is 1. The summed E-state index contributed by atoms with van der Waals surface area (Å²) in [7, 11) is 0. The van der Waals surface area contributed by atoms with Crippen molar-refractivity contribution in [3.63, 3.8) is 0 Å². The lowest BCUT2D eigenvalue weighted by Gasteiger charge is -2.10. The molecule has 5 nitrogen and oxygen atoms in total. The van der Waals surface area contributed by atoms with Gasteiger partial charge >= 0.3 is 6.09 Å². The van der Waals surface area contributed by atoms with Crippen molar-refractivity contribution < 1.29 is 9.53 Å². The lowest BCUT2D eigenvalue weighted by Crippen LogP contribution is -2.29. The third-order valence-electron chi connectivity index (χ3n) is 4.26. The zero-order chi connectivity index (χ0) is 20.8. The molecule has 1 aromatic heterocycles. The van der Waals surface area contributed by atoms with Crippen molar-refractivity contribution in [2.45, 2.75) is 26.2 Å². The van der Waals surface area contributed by atoms with Gasteiger partial charge in [0.1, 0.15) is 0 Å². The van der Waals surface area contributed by atoms with Crippen molar-refractivity contribution in [2.24, 2.45) is 0 Å². The van der Waals surface area contributed by atoms with Crippen LogP contribution in [0.5, 0.6) is 5.75 Å². The van der Waals surface area contributed by atoms with Crippen LogP contribution in [0.4, 0.5) is 4.79 Å². The number of halogens is 3. The Bertz CT molecular complexity index is 987. The van der Waals surface area contributed by atoms with Gasteiger partial charge < -0.3 is 10.1 Å². The van der Waals surface area contributed by atoms with Gasteiger partial charge in [0.05, 0.1) is 27.6 Å². The van der Waals surface area contributed by atoms with Crippen LogP contribution in [0, 0.1) is 0 Å². The summed E-state index contributed by atoms with van der Waals surface area (Å²) in [4.78, 5) is 12.2. The van der Waals surface area contributed by atoms with Gasteiger partial charge in [-0.2, -0.15) is 5.10 Å². The Labute approximate surface area is 184 Å². The number of nitrogens with zero attached hydrogens (tertiary/aromatic N) is 2. The van der Waals surface area contributed by atoms with E-state index in [-0.39, 0.29) is 0 Å². The van der Waals surface area contributed by atoms with Crippen LogP contribution in [0.15, 0.2) is 48.7 Å². The van der Waals surface area contributed by atoms with E-state index in [1.165, 1.54) is 0 Å². The number of hydrogen-bond donors (Lipinski definition) is 1. The van der Waals surface area contributed by atoms with Crippen molar-refractivity contribution in [3.8, 4) is 11.4 Å². The predicted molar refractivity (Wildman–Crippen MR) is 117 cm³/mol. The van der Waals surface area contributed by atoms with E-state index in [1.807, 2.05) is 18.2 Å². The summed E-state index contributed by atoms with van der Waals surface area (Å²) in [6.45, 7) is 2.46. The molecule has 0 aliphatic rings. The van der Waals surface area contributed by atoms with Gasteiger partial charge in [-0.15, -0.1) is 0 Å². The third-order valence-corrected chi connectivity index (χ3v) is 5.25. The first-order chi connectivity index (χ1) is 14.0. The monoisotopic (exact) mass is 451 g/mol. The van der Waals surface area contributed by atoms with E-state index < -0.39 is 6.09 Å². The molecule has 1 heterocycles. The largest absolute Gasteiger partial charge is 0.412 e. The van der Waals surface area contributed by atoms with E-state index in [4.69, 9.17) is 39.5 Å². The molecular weight excluding hydrogens is 433 g/mol. The topological polar surface area (TPSA) is 56.1 Å². The van der Waals surface area contributed by atoms with E-state index in [2.05, 4.69) is 17.3 Å². The highest BCUT2D eigenvalue weighted by molar-refractivity contribution is 6.42. The van der Waals surface area contributed by atoms with Gasteiger partial charge in [0.2, 0.25) is 0 Å². The van der Waals surface area contributed by atoms with Crippen molar-refractivity contribution in [1.82, 2.24) is 15.1 Å². The van der Waals surface area contributed by atoms with Crippen molar-refractivity contribution in [1.29, 1.82) is 0 Å². The summed E-state index contributed by atoms with van der Waals surface area (Å²) in [5.74, 6) is 0.439. The average molecular weight is 453 g/mol. The smallest absolute Gasteiger partial charge is 0.407 e. The van der Waals surface area contributed by atoms with Crippen LogP contribution in [0.25, 0.3) is 5.69 Å². The maximum Gasteiger partial charge on any atom is 0.412 e. The molecule has 0 radical (unpaired) electrons. The standard InChI is InChI=1S/C21H20Cl3N3O2/c1-2-3-19-20(13-26-27(19)16-7-5-15(22)6-8-16)29-21(28)25-11-10-14-4-9-17(23)18(24)12-14/h4-9,12-13H,2-3,10-11H2,1H3,(H,25,28). The normalized spacial score (nSPS) is 10.8. The summed E-state index contributed by atoms with van der Waals surface area (Å²) < 4.78 is 7.26. The summed E-state index contributed by atoms with van der Waals surface area (Å²) in [6.07, 6.45) is 3.23. The van der Waals surface area contributed by atoms with Gasteiger partial charge in [0, 0.05) is 11.6 Å². The highest BCUT2D eigenvalue weighted by Gasteiger charge is 2.16. The third kappa shape index (κ3) is 5.66. The number of nitrogens with one attached hydrogen (secondary N) is 1. The Hall–Kier alpha value is -2.21. The van der Waals surface area contributed by atoms with Gasteiger partial charge in [0.25, 0.3) is 0 Å². The lowest BCUT2D eigenvalue weighted by molar-refractivity contribution is 0.200. The first-order valence-electron chi connectivity index (χ1n) is 9.20. The molecule has 2 aromatic carbocycles. The van der Waals surface area contributed by atoms with E-state index in [0.717, 1.165) is 23.4 Å². The first kappa shape index (κ1) is 21.5. The molecule has 29 heavy (non-hydrogen) atoms. The van der Waals surface area contributed by atoms with Crippen LogP contribution < -0.4 is 10.1 Å². The molecule has 0 fully saturated rings. The fourth-order valence-electron chi connectivity index (χ4n) is 2.85. The molecule has 0 saturated carbocycles. The van der Waals surface area contributed by atoms with Crippen LogP contribution >= 0.6 is 34.8 Å². The predicted octanol–water partition coefficient (Wildman–Crippen LogP) is 6.12. The fraction of sp³-hybridized carbons (Fsp3) is 0.238. The molecule has 3 aromatic rings. The molecule has 0 aliphatic heterocycles. The number of carbonyl (C=O) groups excluding carboxylic acids is 1. The Kier molecular flexibility index (Phi) is 7.42. The zero-order valence-electron chi connectivity index (χ0n) is 15.8. The Morgan fingerprint density at radius 3 is 2.52 bits per heavy atom. The van der Waals surface area contributed by atoms with Gasteiger partial charge in [-0.25, -0.2) is 9.48 Å². The first-order valence-corrected chi connectivity index (χ1v) is 10.3. The summed E-state index contributed by atoms with van der Waals surface area (Å²) in [5.41, 5.74) is 2.66. The molecule has 152 valence electrons. The van der Waals surface area contributed by atoms with Crippen molar-refractivity contribution >= 4 is 40.9 Å². The SMILES string of the molecule is CCCc1c(OC(=O)NCCc2ccc(Cl)c(Cl)c2)cnn1-c1ccc(Cl)cc1. The fourth-order valence-corrected chi connectivity index (χ4v) is 3.30. The second-order valence-electron chi connectivity index (χ2n) is 6.41. The highest BCUT2D eigenvalue weighted by atomic mass is 35.5. The molecule has 0 spiro atoms. The highest BCUT2D eigenvalue weighted by Crippen LogP contribution is 2.25. The number of carbonyl (C=O) groups is 1. The molecule has 0 unspecified atom stereocenters. The number of aromatic nitrogens is 2. The van der Waals surface area contributed by atoms with Gasteiger partial charge in [-0.3, -0.25) is 0 Å². The molecule has 1 amide bonds. The molecular formula is C21H20Cl3N3O2. The Balaban J connectivity index is 1.63. The summed E-state index contributed by atoms with van der Waals surface area (Å²) in [5, 5.41) is 8.77. The number of rotatable bonds is 7. The summed E-state index contributed by atoms with van der Waals surface area (Å²) in [6, 6.07) is 12.7. The molecule has 8 heteroatoms. The van der Waals surface area contributed by atoms with E-state index in [9.17, 15) is 4.79 Å². The minimum absolute atomic E-state index is 0.408. The van der Waals surface area contributed by atoms with E-state index in [1.54, 1.807) is 35.1 Å². The zero-order valence-corrected chi connectivity index (χ0v) is 18.1. The minimum Gasteiger partial charge on any atom is -0.407 e. The van der Waals surface area contributed by atoms with Crippen LogP contribution in [-0.4, -0.2) is 22.4 Å². The van der Waals surface area contributed by atoms with Gasteiger partial charge in [-0.1, -0.05) is 54.2 Å². The average Bonchev–Trinajstić information content (AvgIpc) is 3.08. The molecule has 0 atom stereocenters. The maximum absolute atomic E-state index is 12.2. The van der Waals surface area contributed by atoms with E-state index in [0.29, 0.717) is 40.2 Å². The number of hydrogen-bond acceptors (Lipinski definition) is 3. The number of ether oxygens (including phenoxy) is 1. The molecule has 3 rings (SSSR count). The van der Waals surface area contributed by atoms with Crippen molar-refractivity contribution in [2.75, 3.05) is 6.54 Å². The van der Waals surface area contributed by atoms with Crippen LogP contribution in [0.2, 0.25) is 15.1 Å². The Morgan fingerprint density at radius 1 is 1.07 bits per heavy atom. The Morgan fingerprint density at radius 2 is 1.83 bits per heavy atom. The summed E-state index contributed by atoms with van der Waals surface area (Å²) >= 11 is 17.9. The van der Waals surface area contributed by atoms with Gasteiger partial charge in [-0.05, 0) is 54.8 Å². The quantitative estimate of drug-likeness (QED) is 0.470. The minimum atomic E-state index is -0.530. The molecule has 0 bridgehead atoms. The van der Waals surface area contributed by atoms with Gasteiger partial charge in [0.15, 0.2) is 5.75 Å². The second-order valence-corrected chi connectivity index (χ2v) is 7.66. The maximum atomic E-state index is 12.2. The molecule has 0 aliphatic carbocycles. The van der Waals surface area contributed by atoms with Crippen LogP contribution in [0.1, 0.15) is 24.6 Å². The van der Waals surface area contributed by atoms with E-state index >= 15 is 0 Å². The van der Waals surface area contributed by atoms with Crippen LogP contribution in [-0.2, 0) is 12.8 Å². The molecule has 1 N–H and O–H groups in total.